The van der Waals surface area contributed by atoms with Crippen LogP contribution in [0.25, 0.3) is 0 Å². The van der Waals surface area contributed by atoms with Gasteiger partial charge in [-0.3, -0.25) is 9.69 Å². The fourth-order valence-electron chi connectivity index (χ4n) is 2.54. The lowest BCUT2D eigenvalue weighted by atomic mass is 10.1. The van der Waals surface area contributed by atoms with Gasteiger partial charge >= 0.3 is 0 Å². The van der Waals surface area contributed by atoms with Crippen molar-refractivity contribution in [3.63, 3.8) is 0 Å². The van der Waals surface area contributed by atoms with E-state index in [1.807, 2.05) is 55.6 Å². The second-order valence-electron chi connectivity index (χ2n) is 4.96. The molecule has 1 heterocycles. The topological polar surface area (TPSA) is 23.6 Å². The second kappa shape index (κ2) is 4.53. The number of rotatable bonds is 1. The zero-order valence-electron chi connectivity index (χ0n) is 11.6. The number of anilines is 4. The molecular weight excluding hydrogens is 248 g/mol. The predicted molar refractivity (Wildman–Crippen MR) is 82.9 cm³/mol. The Balaban J connectivity index is 2.27. The molecule has 2 aromatic rings. The van der Waals surface area contributed by atoms with Crippen molar-refractivity contribution in [3.8, 4) is 0 Å². The number of hydrogen-bond acceptors (Lipinski definition) is 2. The summed E-state index contributed by atoms with van der Waals surface area (Å²) in [5.41, 5.74) is 4.34. The number of fused-ring (bicyclic) bond motifs is 2. The van der Waals surface area contributed by atoms with Gasteiger partial charge in [0.25, 0.3) is 5.91 Å². The first kappa shape index (κ1) is 12.5. The molecule has 100 valence electrons. The van der Waals surface area contributed by atoms with Crippen molar-refractivity contribution in [1.29, 1.82) is 0 Å². The summed E-state index contributed by atoms with van der Waals surface area (Å²) < 4.78 is 0. The summed E-state index contributed by atoms with van der Waals surface area (Å²) in [7, 11) is 2.01. The van der Waals surface area contributed by atoms with Crippen LogP contribution < -0.4 is 9.80 Å². The number of nitrogens with zero attached hydrogens (tertiary/aromatic N) is 2. The minimum absolute atomic E-state index is 0.0713. The van der Waals surface area contributed by atoms with Crippen LogP contribution in [0.2, 0.25) is 0 Å². The summed E-state index contributed by atoms with van der Waals surface area (Å²) in [6, 6.07) is 15.8. The van der Waals surface area contributed by atoms with Crippen molar-refractivity contribution in [1.82, 2.24) is 0 Å². The number of para-hydroxylation sites is 4. The van der Waals surface area contributed by atoms with Crippen molar-refractivity contribution in [2.24, 2.45) is 0 Å². The normalized spacial score (nSPS) is 12.7. The highest BCUT2D eigenvalue weighted by molar-refractivity contribution is 6.15. The molecule has 3 rings (SSSR count). The zero-order valence-corrected chi connectivity index (χ0v) is 11.6. The van der Waals surface area contributed by atoms with Gasteiger partial charge in [-0.15, -0.1) is 0 Å². The first-order chi connectivity index (χ1) is 9.61. The summed E-state index contributed by atoms with van der Waals surface area (Å²) in [4.78, 5) is 16.4. The van der Waals surface area contributed by atoms with Crippen molar-refractivity contribution >= 4 is 28.7 Å². The molecule has 0 saturated heterocycles. The van der Waals surface area contributed by atoms with Crippen LogP contribution in [-0.2, 0) is 4.79 Å². The van der Waals surface area contributed by atoms with E-state index in [4.69, 9.17) is 0 Å². The third-order valence-electron chi connectivity index (χ3n) is 3.54. The molecule has 1 aliphatic heterocycles. The van der Waals surface area contributed by atoms with Crippen molar-refractivity contribution in [2.75, 3.05) is 16.8 Å². The van der Waals surface area contributed by atoms with Crippen molar-refractivity contribution in [3.05, 3.63) is 60.7 Å². The van der Waals surface area contributed by atoms with Gasteiger partial charge in [-0.05, 0) is 31.2 Å². The number of carbonyl (C=O) groups is 1. The van der Waals surface area contributed by atoms with Gasteiger partial charge < -0.3 is 4.90 Å². The minimum Gasteiger partial charge on any atom is -0.341 e. The monoisotopic (exact) mass is 264 g/mol. The second-order valence-corrected chi connectivity index (χ2v) is 4.96. The van der Waals surface area contributed by atoms with Gasteiger partial charge in [0.15, 0.2) is 0 Å². The average molecular weight is 264 g/mol. The van der Waals surface area contributed by atoms with Gasteiger partial charge in [-0.1, -0.05) is 30.8 Å². The molecular formula is C17H16N2O. The van der Waals surface area contributed by atoms with Gasteiger partial charge in [0.2, 0.25) is 0 Å². The van der Waals surface area contributed by atoms with Crippen LogP contribution in [0.3, 0.4) is 0 Å². The molecule has 20 heavy (non-hydrogen) atoms. The summed E-state index contributed by atoms with van der Waals surface area (Å²) in [6.45, 7) is 5.53. The molecule has 0 aliphatic carbocycles. The average Bonchev–Trinajstić information content (AvgIpc) is 2.47. The van der Waals surface area contributed by atoms with E-state index in [1.165, 1.54) is 0 Å². The number of hydrogen-bond donors (Lipinski definition) is 0. The highest BCUT2D eigenvalue weighted by Crippen LogP contribution is 2.47. The highest BCUT2D eigenvalue weighted by atomic mass is 16.2. The van der Waals surface area contributed by atoms with Gasteiger partial charge in [-0.2, -0.15) is 0 Å². The minimum atomic E-state index is -0.0713. The van der Waals surface area contributed by atoms with Gasteiger partial charge in [-0.25, -0.2) is 0 Å². The lowest BCUT2D eigenvalue weighted by Crippen LogP contribution is -2.32. The van der Waals surface area contributed by atoms with Crippen LogP contribution in [0, 0.1) is 0 Å². The fraction of sp³-hybridized carbons (Fsp3) is 0.118. The predicted octanol–water partition coefficient (Wildman–Crippen LogP) is 4.01. The fourth-order valence-corrected chi connectivity index (χ4v) is 2.54. The van der Waals surface area contributed by atoms with E-state index in [2.05, 4.69) is 11.5 Å². The van der Waals surface area contributed by atoms with E-state index >= 15 is 0 Å². The SMILES string of the molecule is C=C(C)C(=O)N1c2ccccc2N(C)c2ccccc21. The van der Waals surface area contributed by atoms with Crippen LogP contribution in [0.1, 0.15) is 6.92 Å². The van der Waals surface area contributed by atoms with E-state index in [-0.39, 0.29) is 5.91 Å². The summed E-state index contributed by atoms with van der Waals surface area (Å²) in [5.74, 6) is -0.0713. The largest absolute Gasteiger partial charge is 0.341 e. The lowest BCUT2D eigenvalue weighted by Gasteiger charge is -2.37. The van der Waals surface area contributed by atoms with Crippen LogP contribution in [0.4, 0.5) is 22.7 Å². The smallest absolute Gasteiger partial charge is 0.258 e. The molecule has 1 amide bonds. The molecule has 0 unspecified atom stereocenters. The molecule has 0 radical (unpaired) electrons. The molecule has 0 fully saturated rings. The summed E-state index contributed by atoms with van der Waals surface area (Å²) >= 11 is 0. The Morgan fingerprint density at radius 3 is 1.70 bits per heavy atom. The van der Waals surface area contributed by atoms with Gasteiger partial charge in [0.05, 0.1) is 22.7 Å². The van der Waals surface area contributed by atoms with Crippen LogP contribution in [0.5, 0.6) is 0 Å². The van der Waals surface area contributed by atoms with Crippen molar-refractivity contribution < 1.29 is 4.79 Å². The maximum Gasteiger partial charge on any atom is 0.258 e. The van der Waals surface area contributed by atoms with E-state index in [9.17, 15) is 4.79 Å². The molecule has 0 saturated carbocycles. The third-order valence-corrected chi connectivity index (χ3v) is 3.54. The standard InChI is InChI=1S/C17H16N2O/c1-12(2)17(20)19-15-10-6-4-8-13(15)18(3)14-9-5-7-11-16(14)19/h4-11H,1H2,2-3H3. The molecule has 3 nitrogen and oxygen atoms in total. The van der Waals surface area contributed by atoms with Gasteiger partial charge in [0, 0.05) is 12.6 Å². The van der Waals surface area contributed by atoms with E-state index < -0.39 is 0 Å². The molecule has 0 bridgehead atoms. The summed E-state index contributed by atoms with van der Waals surface area (Å²) in [5, 5.41) is 0. The Labute approximate surface area is 118 Å². The molecule has 0 atom stereocenters. The highest BCUT2D eigenvalue weighted by Gasteiger charge is 2.29. The molecule has 2 aromatic carbocycles. The molecule has 3 heteroatoms. The Kier molecular flexibility index (Phi) is 2.83. The van der Waals surface area contributed by atoms with Gasteiger partial charge in [0.1, 0.15) is 0 Å². The quantitative estimate of drug-likeness (QED) is 0.727. The van der Waals surface area contributed by atoms with Crippen LogP contribution >= 0.6 is 0 Å². The first-order valence-corrected chi connectivity index (χ1v) is 6.53. The Morgan fingerprint density at radius 2 is 1.30 bits per heavy atom. The Bertz CT molecular complexity index is 658. The van der Waals surface area contributed by atoms with Crippen LogP contribution in [-0.4, -0.2) is 13.0 Å². The molecule has 0 aromatic heterocycles. The number of carbonyl (C=O) groups excluding carboxylic acids is 1. The third kappa shape index (κ3) is 1.71. The molecule has 1 aliphatic rings. The van der Waals surface area contributed by atoms with Crippen LogP contribution in [0.15, 0.2) is 60.7 Å². The lowest BCUT2D eigenvalue weighted by molar-refractivity contribution is -0.114. The van der Waals surface area contributed by atoms with E-state index in [1.54, 1.807) is 11.8 Å². The van der Waals surface area contributed by atoms with Crippen molar-refractivity contribution in [2.45, 2.75) is 6.92 Å². The Hall–Kier alpha value is -2.55. The maximum absolute atomic E-state index is 12.5. The summed E-state index contributed by atoms with van der Waals surface area (Å²) in [6.07, 6.45) is 0. The molecule has 0 spiro atoms. The maximum atomic E-state index is 12.5. The molecule has 0 N–H and O–H groups in total. The number of amides is 1. The zero-order chi connectivity index (χ0) is 14.3. The van der Waals surface area contributed by atoms with E-state index in [0.29, 0.717) is 5.57 Å². The Morgan fingerprint density at radius 1 is 0.900 bits per heavy atom. The van der Waals surface area contributed by atoms with E-state index in [0.717, 1.165) is 22.7 Å². The first-order valence-electron chi connectivity index (χ1n) is 6.53. The number of benzene rings is 2.